The van der Waals surface area contributed by atoms with Gasteiger partial charge in [-0.2, -0.15) is 0 Å². The van der Waals surface area contributed by atoms with Crippen molar-refractivity contribution < 1.29 is 28.8 Å². The number of carbonyl (C=O) groups is 1. The Hall–Kier alpha value is -1.99. The zero-order valence-corrected chi connectivity index (χ0v) is 18.0. The predicted octanol–water partition coefficient (Wildman–Crippen LogP) is -0.699. The third kappa shape index (κ3) is 6.01. The van der Waals surface area contributed by atoms with Gasteiger partial charge in [0.1, 0.15) is 32.7 Å². The molecule has 0 spiro atoms. The van der Waals surface area contributed by atoms with Crippen LogP contribution in [0.2, 0.25) is 0 Å². The first-order valence-corrected chi connectivity index (χ1v) is 10.3. The molecule has 1 aliphatic heterocycles. The molecule has 28 heavy (non-hydrogen) atoms. The van der Waals surface area contributed by atoms with Gasteiger partial charge < -0.3 is 29.3 Å². The lowest BCUT2D eigenvalue weighted by Crippen LogP contribution is -3.28. The number of amides is 1. The molecular formula is C21H37N3O4+2. The van der Waals surface area contributed by atoms with Gasteiger partial charge in [-0.15, -0.1) is 0 Å². The lowest BCUT2D eigenvalue weighted by molar-refractivity contribution is -1.02. The van der Waals surface area contributed by atoms with E-state index in [2.05, 4.69) is 25.2 Å². The van der Waals surface area contributed by atoms with Gasteiger partial charge in [0.05, 0.1) is 26.9 Å². The average Bonchev–Trinajstić information content (AvgIpc) is 2.68. The van der Waals surface area contributed by atoms with Gasteiger partial charge in [-0.05, 0) is 25.5 Å². The molecule has 0 aliphatic carbocycles. The van der Waals surface area contributed by atoms with Crippen molar-refractivity contribution in [2.24, 2.45) is 0 Å². The number of rotatable bonds is 10. The van der Waals surface area contributed by atoms with Crippen LogP contribution < -0.4 is 29.3 Å². The predicted molar refractivity (Wildman–Crippen MR) is 109 cm³/mol. The van der Waals surface area contributed by atoms with Crippen molar-refractivity contribution >= 4 is 5.91 Å². The lowest BCUT2D eigenvalue weighted by Gasteiger charge is -2.30. The van der Waals surface area contributed by atoms with E-state index in [9.17, 15) is 4.79 Å². The summed E-state index contributed by atoms with van der Waals surface area (Å²) >= 11 is 0. The number of methoxy groups -OCH3 is 3. The monoisotopic (exact) mass is 395 g/mol. The van der Waals surface area contributed by atoms with Crippen molar-refractivity contribution in [2.45, 2.75) is 39.3 Å². The Balaban J connectivity index is 1.88. The van der Waals surface area contributed by atoms with E-state index < -0.39 is 0 Å². The number of hydrogen-bond acceptors (Lipinski definition) is 4. The van der Waals surface area contributed by atoms with E-state index in [4.69, 9.17) is 14.2 Å². The Labute approximate surface area is 168 Å². The third-order valence-corrected chi connectivity index (χ3v) is 5.43. The number of benzene rings is 1. The van der Waals surface area contributed by atoms with Gasteiger partial charge in [0, 0.05) is 6.04 Å². The third-order valence-electron chi connectivity index (χ3n) is 5.43. The summed E-state index contributed by atoms with van der Waals surface area (Å²) in [4.78, 5) is 15.1. The Morgan fingerprint density at radius 1 is 1.04 bits per heavy atom. The Morgan fingerprint density at radius 2 is 1.68 bits per heavy atom. The van der Waals surface area contributed by atoms with Gasteiger partial charge >= 0.3 is 0 Å². The second-order valence-corrected chi connectivity index (χ2v) is 7.60. The first-order chi connectivity index (χ1) is 13.5. The van der Waals surface area contributed by atoms with Crippen LogP contribution in [0.3, 0.4) is 0 Å². The Kier molecular flexibility index (Phi) is 8.86. The van der Waals surface area contributed by atoms with Crippen molar-refractivity contribution in [1.82, 2.24) is 5.32 Å². The molecule has 1 amide bonds. The summed E-state index contributed by atoms with van der Waals surface area (Å²) in [5.74, 6) is 2.23. The summed E-state index contributed by atoms with van der Waals surface area (Å²) in [5.41, 5.74) is 1.12. The largest absolute Gasteiger partial charge is 0.493 e. The highest BCUT2D eigenvalue weighted by Crippen LogP contribution is 2.39. The molecule has 0 saturated carbocycles. The van der Waals surface area contributed by atoms with Crippen molar-refractivity contribution in [2.75, 3.05) is 54.1 Å². The molecule has 0 bridgehead atoms. The van der Waals surface area contributed by atoms with Gasteiger partial charge in [0.2, 0.25) is 5.75 Å². The van der Waals surface area contributed by atoms with Gasteiger partial charge in [-0.1, -0.05) is 13.3 Å². The molecule has 1 saturated heterocycles. The van der Waals surface area contributed by atoms with E-state index in [1.54, 1.807) is 21.3 Å². The van der Waals surface area contributed by atoms with Crippen molar-refractivity contribution in [3.8, 4) is 17.2 Å². The van der Waals surface area contributed by atoms with Crippen LogP contribution in [0.5, 0.6) is 17.2 Å². The van der Waals surface area contributed by atoms with E-state index in [-0.39, 0.29) is 11.9 Å². The maximum atomic E-state index is 12.2. The van der Waals surface area contributed by atoms with E-state index in [0.717, 1.165) is 56.9 Å². The van der Waals surface area contributed by atoms with E-state index in [0.29, 0.717) is 18.0 Å². The zero-order valence-electron chi connectivity index (χ0n) is 18.0. The van der Waals surface area contributed by atoms with Crippen LogP contribution in [-0.2, 0) is 11.3 Å². The number of carbonyl (C=O) groups excluding carboxylic acids is 1. The fraction of sp³-hybridized carbons (Fsp3) is 0.667. The molecule has 1 aromatic carbocycles. The second-order valence-electron chi connectivity index (χ2n) is 7.60. The zero-order chi connectivity index (χ0) is 20.5. The number of hydrogen-bond donors (Lipinski definition) is 3. The number of quaternary nitrogens is 2. The van der Waals surface area contributed by atoms with Crippen LogP contribution in [0, 0.1) is 0 Å². The summed E-state index contributed by atoms with van der Waals surface area (Å²) in [5, 5.41) is 3.11. The highest BCUT2D eigenvalue weighted by molar-refractivity contribution is 5.77. The van der Waals surface area contributed by atoms with Crippen LogP contribution in [0.1, 0.15) is 32.3 Å². The summed E-state index contributed by atoms with van der Waals surface area (Å²) in [6.07, 6.45) is 2.13. The first kappa shape index (κ1) is 22.3. The molecule has 7 nitrogen and oxygen atoms in total. The van der Waals surface area contributed by atoms with Crippen molar-refractivity contribution in [3.63, 3.8) is 0 Å². The quantitative estimate of drug-likeness (QED) is 0.490. The molecule has 1 heterocycles. The summed E-state index contributed by atoms with van der Waals surface area (Å²) in [6.45, 7) is 9.73. The standard InChI is InChI=1S/C21H35N3O4/c1-6-7-16(2)22-19(25)15-24-12-10-23(11-13-24)14-17-8-9-18(26-3)21(28-5)20(17)27-4/h8-9,16H,6-7,10-15H2,1-5H3,(H,22,25)/p+2/t16-/m0/s1. The molecular weight excluding hydrogens is 358 g/mol. The molecule has 7 heteroatoms. The van der Waals surface area contributed by atoms with Crippen LogP contribution in [0.15, 0.2) is 12.1 Å². The van der Waals surface area contributed by atoms with E-state index >= 15 is 0 Å². The number of nitrogens with one attached hydrogen (secondary N) is 3. The maximum Gasteiger partial charge on any atom is 0.275 e. The van der Waals surface area contributed by atoms with E-state index in [1.165, 1.54) is 9.80 Å². The minimum atomic E-state index is 0.168. The molecule has 158 valence electrons. The molecule has 0 unspecified atom stereocenters. The van der Waals surface area contributed by atoms with Crippen LogP contribution in [0.25, 0.3) is 0 Å². The molecule has 1 fully saturated rings. The Morgan fingerprint density at radius 3 is 2.25 bits per heavy atom. The molecule has 0 radical (unpaired) electrons. The smallest absolute Gasteiger partial charge is 0.275 e. The molecule has 1 aromatic rings. The van der Waals surface area contributed by atoms with Gasteiger partial charge in [0.25, 0.3) is 5.91 Å². The molecule has 0 aromatic heterocycles. The van der Waals surface area contributed by atoms with Crippen LogP contribution >= 0.6 is 0 Å². The minimum absolute atomic E-state index is 0.168. The minimum Gasteiger partial charge on any atom is -0.493 e. The summed E-state index contributed by atoms with van der Waals surface area (Å²) in [6, 6.07) is 4.25. The normalized spacial score (nSPS) is 20.3. The first-order valence-electron chi connectivity index (χ1n) is 10.3. The van der Waals surface area contributed by atoms with Gasteiger partial charge in [0.15, 0.2) is 18.0 Å². The highest BCUT2D eigenvalue weighted by Gasteiger charge is 2.27. The SMILES string of the molecule is CCC[C@H](C)NC(=O)C[NH+]1CC[NH+](Cc2ccc(OC)c(OC)c2OC)CC1. The Bertz CT molecular complexity index is 630. The van der Waals surface area contributed by atoms with Crippen LogP contribution in [0.4, 0.5) is 0 Å². The highest BCUT2D eigenvalue weighted by atomic mass is 16.5. The van der Waals surface area contributed by atoms with Gasteiger partial charge in [-0.3, -0.25) is 4.79 Å². The fourth-order valence-corrected chi connectivity index (χ4v) is 3.94. The second kappa shape index (κ2) is 11.1. The summed E-state index contributed by atoms with van der Waals surface area (Å²) < 4.78 is 16.5. The molecule has 1 atom stereocenters. The van der Waals surface area contributed by atoms with Crippen molar-refractivity contribution in [1.29, 1.82) is 0 Å². The summed E-state index contributed by atoms with van der Waals surface area (Å²) in [7, 11) is 4.92. The molecule has 3 N–H and O–H groups in total. The lowest BCUT2D eigenvalue weighted by atomic mass is 10.1. The maximum absolute atomic E-state index is 12.2. The van der Waals surface area contributed by atoms with Crippen LogP contribution in [-0.4, -0.2) is 66.0 Å². The van der Waals surface area contributed by atoms with Crippen molar-refractivity contribution in [3.05, 3.63) is 17.7 Å². The van der Waals surface area contributed by atoms with E-state index in [1.807, 2.05) is 6.07 Å². The van der Waals surface area contributed by atoms with Gasteiger partial charge in [-0.25, -0.2) is 0 Å². The number of piperazine rings is 1. The molecule has 1 aliphatic rings. The number of ether oxygens (including phenoxy) is 3. The molecule has 2 rings (SSSR count). The average molecular weight is 396 g/mol. The fourth-order valence-electron chi connectivity index (χ4n) is 3.94. The topological polar surface area (TPSA) is 65.7 Å².